The summed E-state index contributed by atoms with van der Waals surface area (Å²) in [6, 6.07) is 3.91. The van der Waals surface area contributed by atoms with Crippen LogP contribution in [-0.2, 0) is 0 Å². The Labute approximate surface area is 110 Å². The molecule has 0 saturated carbocycles. The van der Waals surface area contributed by atoms with Gasteiger partial charge in [0.2, 0.25) is 0 Å². The normalized spacial score (nSPS) is 7.33. The zero-order valence-corrected chi connectivity index (χ0v) is 11.2. The molecule has 0 aromatic heterocycles. The zero-order chi connectivity index (χ0) is 13.4. The molecular weight excluding hydrogens is 216 g/mol. The number of hydrogen-bond acceptors (Lipinski definition) is 0. The van der Waals surface area contributed by atoms with Crippen LogP contribution in [0.4, 0.5) is 0 Å². The molecule has 1 aromatic carbocycles. The van der Waals surface area contributed by atoms with Crippen LogP contribution in [0.2, 0.25) is 0 Å². The van der Waals surface area contributed by atoms with Gasteiger partial charge in [0.25, 0.3) is 0 Å². The third kappa shape index (κ3) is 2.98. The lowest BCUT2D eigenvalue weighted by Gasteiger charge is -2.04. The Morgan fingerprint density at radius 2 is 0.889 bits per heavy atom. The minimum Gasteiger partial charge on any atom is -0.101 e. The van der Waals surface area contributed by atoms with E-state index in [-0.39, 0.29) is 0 Å². The Balaban J connectivity index is 3.73. The highest BCUT2D eigenvalue weighted by molar-refractivity contribution is 5.65. The van der Waals surface area contributed by atoms with Gasteiger partial charge in [-0.15, -0.1) is 23.7 Å². The Hall–Kier alpha value is -2.54. The molecule has 1 rings (SSSR count). The lowest BCUT2D eigenvalue weighted by molar-refractivity contribution is 1.50. The van der Waals surface area contributed by atoms with Crippen molar-refractivity contribution in [3.05, 3.63) is 34.4 Å². The van der Waals surface area contributed by atoms with Crippen molar-refractivity contribution in [3.63, 3.8) is 0 Å². The maximum absolute atomic E-state index is 3.09. The van der Waals surface area contributed by atoms with Crippen LogP contribution in [0.15, 0.2) is 12.1 Å². The van der Waals surface area contributed by atoms with Crippen LogP contribution in [0.25, 0.3) is 0 Å². The molecule has 0 atom stereocenters. The average Bonchev–Trinajstić information content (AvgIpc) is 2.37. The first kappa shape index (κ1) is 13.5. The monoisotopic (exact) mass is 230 g/mol. The molecule has 0 spiro atoms. The fraction of sp³-hybridized carbons (Fsp3) is 0.222. The van der Waals surface area contributed by atoms with Crippen LogP contribution in [0.5, 0.6) is 0 Å². The second-order valence-electron chi connectivity index (χ2n) is 3.41. The van der Waals surface area contributed by atoms with Gasteiger partial charge in [-0.25, -0.2) is 0 Å². The van der Waals surface area contributed by atoms with Crippen molar-refractivity contribution in [2.75, 3.05) is 0 Å². The van der Waals surface area contributed by atoms with Crippen molar-refractivity contribution in [3.8, 4) is 47.4 Å². The van der Waals surface area contributed by atoms with Gasteiger partial charge < -0.3 is 0 Å². The Bertz CT molecular complexity index is 625. The van der Waals surface area contributed by atoms with Crippen LogP contribution < -0.4 is 0 Å². The summed E-state index contributed by atoms with van der Waals surface area (Å²) >= 11 is 0. The molecule has 0 bridgehead atoms. The van der Waals surface area contributed by atoms with Crippen LogP contribution in [0.3, 0.4) is 0 Å². The van der Waals surface area contributed by atoms with Crippen molar-refractivity contribution >= 4 is 0 Å². The standard InChI is InChI=1S/C18H14/c1-5-9-15-13-14-16(10-6-2)18(12-8-4)17(15)11-7-3/h13-14H,1-4H3. The van der Waals surface area contributed by atoms with E-state index in [0.717, 1.165) is 22.3 Å². The Morgan fingerprint density at radius 3 is 1.17 bits per heavy atom. The molecule has 18 heavy (non-hydrogen) atoms. The van der Waals surface area contributed by atoms with Crippen LogP contribution in [0, 0.1) is 47.4 Å². The molecule has 0 saturated heterocycles. The highest BCUT2D eigenvalue weighted by atomic mass is 14.1. The third-order valence-electron chi connectivity index (χ3n) is 2.22. The molecule has 0 heteroatoms. The van der Waals surface area contributed by atoms with Gasteiger partial charge in [-0.1, -0.05) is 23.7 Å². The van der Waals surface area contributed by atoms with Crippen molar-refractivity contribution < 1.29 is 0 Å². The fourth-order valence-electron chi connectivity index (χ4n) is 1.59. The zero-order valence-electron chi connectivity index (χ0n) is 11.2. The molecule has 0 heterocycles. The maximum atomic E-state index is 3.09. The summed E-state index contributed by atoms with van der Waals surface area (Å²) in [6.45, 7) is 7.25. The Morgan fingerprint density at radius 1 is 0.556 bits per heavy atom. The summed E-state index contributed by atoms with van der Waals surface area (Å²) in [5, 5.41) is 0. The van der Waals surface area contributed by atoms with E-state index in [4.69, 9.17) is 0 Å². The lowest BCUT2D eigenvalue weighted by atomic mass is 9.96. The van der Waals surface area contributed by atoms with Gasteiger partial charge in [-0.3, -0.25) is 0 Å². The van der Waals surface area contributed by atoms with E-state index >= 15 is 0 Å². The predicted molar refractivity (Wildman–Crippen MR) is 76.7 cm³/mol. The molecule has 0 nitrogen and oxygen atoms in total. The highest BCUT2D eigenvalue weighted by Gasteiger charge is 2.07. The third-order valence-corrected chi connectivity index (χ3v) is 2.22. The van der Waals surface area contributed by atoms with Gasteiger partial charge in [0.15, 0.2) is 0 Å². The summed E-state index contributed by atoms with van der Waals surface area (Å²) < 4.78 is 0. The molecular formula is C18H14. The minimum atomic E-state index is 0.876. The smallest absolute Gasteiger partial charge is 0.0570 e. The second kappa shape index (κ2) is 6.92. The molecule has 0 unspecified atom stereocenters. The highest BCUT2D eigenvalue weighted by Crippen LogP contribution is 2.17. The quantitative estimate of drug-likeness (QED) is 0.600. The molecule has 0 N–H and O–H groups in total. The summed E-state index contributed by atoms with van der Waals surface area (Å²) in [5.41, 5.74) is 3.57. The van der Waals surface area contributed by atoms with E-state index in [9.17, 15) is 0 Å². The number of hydrogen-bond donors (Lipinski definition) is 0. The maximum Gasteiger partial charge on any atom is 0.0570 e. The molecule has 0 aliphatic rings. The van der Waals surface area contributed by atoms with Crippen molar-refractivity contribution in [2.45, 2.75) is 27.7 Å². The second-order valence-corrected chi connectivity index (χ2v) is 3.41. The molecule has 0 amide bonds. The largest absolute Gasteiger partial charge is 0.101 e. The lowest BCUT2D eigenvalue weighted by Crippen LogP contribution is -1.94. The summed E-state index contributed by atoms with van der Waals surface area (Å²) in [6.07, 6.45) is 0. The van der Waals surface area contributed by atoms with Crippen LogP contribution >= 0.6 is 0 Å². The van der Waals surface area contributed by atoms with Crippen molar-refractivity contribution in [1.29, 1.82) is 0 Å². The number of rotatable bonds is 0. The first-order valence-corrected chi connectivity index (χ1v) is 5.66. The van der Waals surface area contributed by atoms with Gasteiger partial charge in [-0.05, 0) is 39.8 Å². The first-order valence-electron chi connectivity index (χ1n) is 5.66. The van der Waals surface area contributed by atoms with E-state index < -0.39 is 0 Å². The molecule has 0 radical (unpaired) electrons. The number of benzene rings is 1. The first-order chi connectivity index (χ1) is 8.78. The average molecular weight is 230 g/mol. The van der Waals surface area contributed by atoms with Crippen molar-refractivity contribution in [1.82, 2.24) is 0 Å². The van der Waals surface area contributed by atoms with Crippen molar-refractivity contribution in [2.24, 2.45) is 0 Å². The molecule has 0 aliphatic heterocycles. The van der Waals surface area contributed by atoms with Gasteiger partial charge in [0.05, 0.1) is 11.1 Å². The topological polar surface area (TPSA) is 0 Å². The fourth-order valence-corrected chi connectivity index (χ4v) is 1.59. The van der Waals surface area contributed by atoms with Gasteiger partial charge in [0, 0.05) is 11.1 Å². The van der Waals surface area contributed by atoms with Gasteiger partial charge in [0.1, 0.15) is 0 Å². The summed E-state index contributed by atoms with van der Waals surface area (Å²) in [4.78, 5) is 0. The summed E-state index contributed by atoms with van der Waals surface area (Å²) in [7, 11) is 0. The minimum absolute atomic E-state index is 0.876. The van der Waals surface area contributed by atoms with E-state index in [2.05, 4.69) is 47.4 Å². The Kier molecular flexibility index (Phi) is 5.20. The summed E-state index contributed by atoms with van der Waals surface area (Å²) in [5.74, 6) is 23.9. The molecule has 0 fully saturated rings. The van der Waals surface area contributed by atoms with E-state index in [1.165, 1.54) is 0 Å². The van der Waals surface area contributed by atoms with Gasteiger partial charge >= 0.3 is 0 Å². The molecule has 86 valence electrons. The van der Waals surface area contributed by atoms with E-state index in [0.29, 0.717) is 0 Å². The van der Waals surface area contributed by atoms with E-state index in [1.54, 1.807) is 0 Å². The molecule has 1 aromatic rings. The van der Waals surface area contributed by atoms with Gasteiger partial charge in [-0.2, -0.15) is 0 Å². The SMILES string of the molecule is CC#Cc1ccc(C#CC)c(C#CC)c1C#CC. The van der Waals surface area contributed by atoms with Crippen LogP contribution in [0.1, 0.15) is 49.9 Å². The molecule has 0 aliphatic carbocycles. The van der Waals surface area contributed by atoms with E-state index in [1.807, 2.05) is 39.8 Å². The predicted octanol–water partition coefficient (Wildman–Crippen LogP) is 3.17. The van der Waals surface area contributed by atoms with Crippen LogP contribution in [-0.4, -0.2) is 0 Å².